The number of nitrogens with one attached hydrogen (secondary N) is 1. The number of nitrogens with zero attached hydrogens (tertiary/aromatic N) is 1. The van der Waals surface area contributed by atoms with Crippen molar-refractivity contribution in [3.8, 4) is 0 Å². The molecule has 2 aromatic rings. The Balaban J connectivity index is 1.99. The third-order valence-electron chi connectivity index (χ3n) is 5.63. The minimum atomic E-state index is -4.11. The summed E-state index contributed by atoms with van der Waals surface area (Å²) in [5.74, 6) is -1.74. The van der Waals surface area contributed by atoms with Crippen LogP contribution in [0.25, 0.3) is 0 Å². The van der Waals surface area contributed by atoms with Crippen molar-refractivity contribution < 1.29 is 27.5 Å². The molecule has 3 rings (SSSR count). The van der Waals surface area contributed by atoms with Gasteiger partial charge in [-0.25, -0.2) is 13.2 Å². The quantitative estimate of drug-likeness (QED) is 0.468. The van der Waals surface area contributed by atoms with Gasteiger partial charge in [0.1, 0.15) is 0 Å². The van der Waals surface area contributed by atoms with E-state index in [4.69, 9.17) is 4.74 Å². The number of hydrogen-bond donors (Lipinski definition) is 1. The maximum absolute atomic E-state index is 13.3. The second-order valence-electron chi connectivity index (χ2n) is 8.51. The monoisotopic (exact) mass is 492 g/mol. The average Bonchev–Trinajstić information content (AvgIpc) is 3.15. The third-order valence-corrected chi connectivity index (χ3v) is 8.73. The number of fused-ring (bicyclic) bond motifs is 1. The fourth-order valence-electron chi connectivity index (χ4n) is 3.74. The van der Waals surface area contributed by atoms with Crippen molar-refractivity contribution in [2.45, 2.75) is 51.3 Å². The Morgan fingerprint density at radius 2 is 1.91 bits per heavy atom. The lowest BCUT2D eigenvalue weighted by Gasteiger charge is -2.26. The summed E-state index contributed by atoms with van der Waals surface area (Å²) in [6.45, 7) is 7.71. The van der Waals surface area contributed by atoms with E-state index in [2.05, 4.69) is 4.72 Å². The summed E-state index contributed by atoms with van der Waals surface area (Å²) in [4.78, 5) is 39.4. The van der Waals surface area contributed by atoms with Gasteiger partial charge in [-0.2, -0.15) is 0 Å². The Morgan fingerprint density at radius 3 is 2.55 bits per heavy atom. The number of aryl methyl sites for hydroxylation is 1. The first-order chi connectivity index (χ1) is 15.5. The molecule has 1 aromatic heterocycles. The van der Waals surface area contributed by atoms with E-state index in [1.807, 2.05) is 33.8 Å². The lowest BCUT2D eigenvalue weighted by Crippen LogP contribution is -2.40. The largest absolute Gasteiger partial charge is 0.465 e. The van der Waals surface area contributed by atoms with E-state index in [9.17, 15) is 22.8 Å². The summed E-state index contributed by atoms with van der Waals surface area (Å²) in [7, 11) is -2.91. The van der Waals surface area contributed by atoms with E-state index < -0.39 is 27.7 Å². The number of Topliss-reactive ketones (excluding diaryl/α,β-unsaturated/α-hetero) is 1. The summed E-state index contributed by atoms with van der Waals surface area (Å²) in [5.41, 5.74) is 2.68. The van der Waals surface area contributed by atoms with E-state index in [0.717, 1.165) is 22.5 Å². The number of anilines is 1. The third kappa shape index (κ3) is 5.11. The molecule has 0 bridgehead atoms. The molecule has 33 heavy (non-hydrogen) atoms. The highest BCUT2D eigenvalue weighted by Crippen LogP contribution is 2.38. The number of ether oxygens (including phenoxy) is 1. The molecule has 0 unspecified atom stereocenters. The number of sulfonamides is 1. The van der Waals surface area contributed by atoms with E-state index in [1.54, 1.807) is 12.1 Å². The van der Waals surface area contributed by atoms with Crippen LogP contribution in [0.2, 0.25) is 0 Å². The molecule has 10 heteroatoms. The standard InChI is InChI=1S/C23H28N2O6S2/c1-13(2)11-18(26)21(27)25-10-9-16-19(12-25)32-23(20(16)22(28)31-5)33(29,30)24-17-8-6-7-14(3)15(17)4/h6-8,13,24H,9-12H2,1-5H3. The van der Waals surface area contributed by atoms with E-state index in [0.29, 0.717) is 16.1 Å². The Kier molecular flexibility index (Phi) is 7.28. The Bertz CT molecular complexity index is 1210. The van der Waals surface area contributed by atoms with Crippen molar-refractivity contribution in [1.29, 1.82) is 0 Å². The van der Waals surface area contributed by atoms with Crippen molar-refractivity contribution in [2.75, 3.05) is 18.4 Å². The van der Waals surface area contributed by atoms with Crippen LogP contribution in [-0.4, -0.2) is 44.6 Å². The van der Waals surface area contributed by atoms with Gasteiger partial charge in [-0.1, -0.05) is 26.0 Å². The number of carbonyl (C=O) groups excluding carboxylic acids is 3. The summed E-state index contributed by atoms with van der Waals surface area (Å²) in [5, 5.41) is 0. The number of thiophene rings is 1. The van der Waals surface area contributed by atoms with Crippen LogP contribution < -0.4 is 4.72 Å². The molecule has 0 radical (unpaired) electrons. The number of hydrogen-bond acceptors (Lipinski definition) is 7. The average molecular weight is 493 g/mol. The van der Waals surface area contributed by atoms with Crippen LogP contribution in [0.3, 0.4) is 0 Å². The van der Waals surface area contributed by atoms with Crippen LogP contribution in [0.4, 0.5) is 5.69 Å². The first-order valence-corrected chi connectivity index (χ1v) is 12.9. The molecule has 1 amide bonds. The number of esters is 1. The molecule has 0 aliphatic carbocycles. The molecule has 0 saturated carbocycles. The van der Waals surface area contributed by atoms with Crippen molar-refractivity contribution in [1.82, 2.24) is 4.90 Å². The fourth-order valence-corrected chi connectivity index (χ4v) is 6.76. The molecule has 0 atom stereocenters. The molecule has 0 spiro atoms. The molecule has 1 aliphatic heterocycles. The van der Waals surface area contributed by atoms with E-state index in [-0.39, 0.29) is 41.6 Å². The Morgan fingerprint density at radius 1 is 1.21 bits per heavy atom. The van der Waals surface area contributed by atoms with Gasteiger partial charge in [0.15, 0.2) is 4.21 Å². The smallest absolute Gasteiger partial charge is 0.340 e. The predicted molar refractivity (Wildman–Crippen MR) is 126 cm³/mol. The highest BCUT2D eigenvalue weighted by molar-refractivity contribution is 7.94. The van der Waals surface area contributed by atoms with Gasteiger partial charge in [-0.15, -0.1) is 11.3 Å². The maximum Gasteiger partial charge on any atom is 0.340 e. The summed E-state index contributed by atoms with van der Waals surface area (Å²) >= 11 is 0.932. The molecular weight excluding hydrogens is 464 g/mol. The highest BCUT2D eigenvalue weighted by Gasteiger charge is 2.36. The van der Waals surface area contributed by atoms with Crippen LogP contribution in [0.5, 0.6) is 0 Å². The Hall–Kier alpha value is -2.72. The van der Waals surface area contributed by atoms with Crippen molar-refractivity contribution in [3.63, 3.8) is 0 Å². The van der Waals surface area contributed by atoms with Crippen LogP contribution in [-0.2, 0) is 37.3 Å². The molecule has 1 N–H and O–H groups in total. The molecule has 8 nitrogen and oxygen atoms in total. The lowest BCUT2D eigenvalue weighted by atomic mass is 10.0. The predicted octanol–water partition coefficient (Wildman–Crippen LogP) is 3.45. The van der Waals surface area contributed by atoms with Crippen molar-refractivity contribution >= 4 is 44.7 Å². The van der Waals surface area contributed by atoms with Gasteiger partial charge in [-0.05, 0) is 48.9 Å². The minimum Gasteiger partial charge on any atom is -0.465 e. The lowest BCUT2D eigenvalue weighted by molar-refractivity contribution is -0.145. The van der Waals surface area contributed by atoms with Crippen molar-refractivity contribution in [2.24, 2.45) is 5.92 Å². The van der Waals surface area contributed by atoms with Crippen molar-refractivity contribution in [3.05, 3.63) is 45.3 Å². The summed E-state index contributed by atoms with van der Waals surface area (Å²) in [6, 6.07) is 5.29. The molecular formula is C23H28N2O6S2. The van der Waals surface area contributed by atoms with Gasteiger partial charge in [-0.3, -0.25) is 14.3 Å². The minimum absolute atomic E-state index is 0.00379. The number of carbonyl (C=O) groups is 3. The second kappa shape index (κ2) is 9.64. The van der Waals surface area contributed by atoms with Gasteiger partial charge in [0.05, 0.1) is 24.9 Å². The number of ketones is 1. The van der Waals surface area contributed by atoms with Crippen LogP contribution in [0.15, 0.2) is 22.4 Å². The van der Waals surface area contributed by atoms with Gasteiger partial charge in [0, 0.05) is 17.8 Å². The first-order valence-electron chi connectivity index (χ1n) is 10.6. The molecule has 1 aliphatic rings. The van der Waals surface area contributed by atoms with E-state index in [1.165, 1.54) is 12.0 Å². The van der Waals surface area contributed by atoms with Gasteiger partial charge >= 0.3 is 5.97 Å². The van der Waals surface area contributed by atoms with Crippen LogP contribution in [0, 0.1) is 19.8 Å². The molecule has 0 fully saturated rings. The topological polar surface area (TPSA) is 110 Å². The van der Waals surface area contributed by atoms with Gasteiger partial charge in [0.25, 0.3) is 15.9 Å². The van der Waals surface area contributed by atoms with E-state index >= 15 is 0 Å². The number of rotatable bonds is 7. The summed E-state index contributed by atoms with van der Waals surface area (Å²) < 4.78 is 34.0. The zero-order valence-electron chi connectivity index (χ0n) is 19.4. The molecule has 0 saturated heterocycles. The molecule has 178 valence electrons. The molecule has 1 aromatic carbocycles. The normalized spacial score (nSPS) is 13.6. The second-order valence-corrected chi connectivity index (χ2v) is 11.5. The SMILES string of the molecule is COC(=O)c1c(S(=O)(=O)Nc2cccc(C)c2C)sc2c1CCN(C(=O)C(=O)CC(C)C)C2. The van der Waals surface area contributed by atoms with Crippen LogP contribution >= 0.6 is 11.3 Å². The van der Waals surface area contributed by atoms with Gasteiger partial charge in [0.2, 0.25) is 5.78 Å². The van der Waals surface area contributed by atoms with Gasteiger partial charge < -0.3 is 9.64 Å². The molecule has 2 heterocycles. The zero-order valence-corrected chi connectivity index (χ0v) is 21.0. The summed E-state index contributed by atoms with van der Waals surface area (Å²) in [6.07, 6.45) is 0.412. The zero-order chi connectivity index (χ0) is 24.5. The first kappa shape index (κ1) is 24.9. The van der Waals surface area contributed by atoms with Crippen LogP contribution in [0.1, 0.15) is 52.2 Å². The number of methoxy groups -OCH3 is 1. The highest BCUT2D eigenvalue weighted by atomic mass is 32.2. The maximum atomic E-state index is 13.3. The number of benzene rings is 1. The number of amides is 1. The Labute approximate surface area is 198 Å². The fraction of sp³-hybridized carbons (Fsp3) is 0.435.